The van der Waals surface area contributed by atoms with Gasteiger partial charge >= 0.3 is 6.09 Å². The smallest absolute Gasteiger partial charge is 0.407 e. The number of nitrogens with one attached hydrogen (secondary N) is 1. The van der Waals surface area contributed by atoms with Crippen LogP contribution in [0.4, 0.5) is 4.79 Å². The topological polar surface area (TPSA) is 60.0 Å². The van der Waals surface area contributed by atoms with E-state index < -0.39 is 5.60 Å². The minimum Gasteiger partial charge on any atom is -0.489 e. The lowest BCUT2D eigenvalue weighted by molar-refractivity contribution is 0.0290. The summed E-state index contributed by atoms with van der Waals surface area (Å²) in [6.45, 7) is 10.1. The lowest BCUT2D eigenvalue weighted by atomic mass is 10.0. The highest BCUT2D eigenvalue weighted by atomic mass is 16.6. The lowest BCUT2D eigenvalue weighted by Crippen LogP contribution is -2.49. The molecule has 6 heteroatoms. The van der Waals surface area contributed by atoms with Crippen molar-refractivity contribution < 1.29 is 19.0 Å². The van der Waals surface area contributed by atoms with E-state index >= 15 is 0 Å². The molecule has 0 aromatic heterocycles. The van der Waals surface area contributed by atoms with Gasteiger partial charge in [0.25, 0.3) is 0 Å². The number of carbonyl (C=O) groups excluding carboxylic acids is 1. The first-order valence-electron chi connectivity index (χ1n) is 10.9. The fraction of sp³-hybridized carbons (Fsp3) is 0.480. The molecule has 1 unspecified atom stereocenters. The number of alkyl carbamates (subject to hydrolysis) is 1. The zero-order chi connectivity index (χ0) is 22.1. The van der Waals surface area contributed by atoms with Crippen molar-refractivity contribution in [2.75, 3.05) is 32.8 Å². The van der Waals surface area contributed by atoms with Crippen LogP contribution in [0.2, 0.25) is 0 Å². The van der Waals surface area contributed by atoms with Crippen LogP contribution in [-0.4, -0.2) is 55.5 Å². The Bertz CT molecular complexity index is 797. The SMILES string of the molecule is CC(C)(C)OC(=O)NC(Cc1ccc(OCc2ccccc2)cc1)CN1CCOCC1. The number of morpholine rings is 1. The van der Waals surface area contributed by atoms with Gasteiger partial charge in [-0.05, 0) is 50.5 Å². The molecule has 0 saturated carbocycles. The van der Waals surface area contributed by atoms with E-state index in [1.165, 1.54) is 0 Å². The summed E-state index contributed by atoms with van der Waals surface area (Å²) in [5, 5.41) is 3.06. The van der Waals surface area contributed by atoms with Crippen molar-refractivity contribution in [2.24, 2.45) is 0 Å². The first kappa shape index (κ1) is 23.1. The summed E-state index contributed by atoms with van der Waals surface area (Å²) in [6, 6.07) is 18.1. The van der Waals surface area contributed by atoms with E-state index in [-0.39, 0.29) is 12.1 Å². The van der Waals surface area contributed by atoms with Gasteiger partial charge in [0.05, 0.1) is 13.2 Å². The van der Waals surface area contributed by atoms with Crippen molar-refractivity contribution in [1.82, 2.24) is 10.2 Å². The molecule has 1 amide bonds. The van der Waals surface area contributed by atoms with Crippen LogP contribution >= 0.6 is 0 Å². The van der Waals surface area contributed by atoms with Crippen LogP contribution < -0.4 is 10.1 Å². The predicted octanol–water partition coefficient (Wildman–Crippen LogP) is 4.03. The molecular formula is C25H34N2O4. The quantitative estimate of drug-likeness (QED) is 0.691. The monoisotopic (exact) mass is 426 g/mol. The average molecular weight is 427 g/mol. The van der Waals surface area contributed by atoms with Crippen LogP contribution in [0, 0.1) is 0 Å². The van der Waals surface area contributed by atoms with Gasteiger partial charge in [0, 0.05) is 25.7 Å². The lowest BCUT2D eigenvalue weighted by Gasteiger charge is -2.31. The van der Waals surface area contributed by atoms with Crippen molar-refractivity contribution in [2.45, 2.75) is 45.4 Å². The normalized spacial score (nSPS) is 15.8. The Hall–Kier alpha value is -2.57. The maximum Gasteiger partial charge on any atom is 0.407 e. The van der Waals surface area contributed by atoms with Gasteiger partial charge in [-0.3, -0.25) is 4.90 Å². The molecule has 1 N–H and O–H groups in total. The standard InChI is InChI=1S/C25H34N2O4/c1-25(2,3)31-24(28)26-22(18-27-13-15-29-16-14-27)17-20-9-11-23(12-10-20)30-19-21-7-5-4-6-8-21/h4-12,22H,13-19H2,1-3H3,(H,26,28). The largest absolute Gasteiger partial charge is 0.489 e. The Morgan fingerprint density at radius 1 is 1.03 bits per heavy atom. The molecule has 6 nitrogen and oxygen atoms in total. The number of ether oxygens (including phenoxy) is 3. The zero-order valence-electron chi connectivity index (χ0n) is 18.8. The Labute approximate surface area is 185 Å². The predicted molar refractivity (Wildman–Crippen MR) is 121 cm³/mol. The van der Waals surface area contributed by atoms with Gasteiger partial charge in [0.2, 0.25) is 0 Å². The van der Waals surface area contributed by atoms with Crippen molar-refractivity contribution in [1.29, 1.82) is 0 Å². The van der Waals surface area contributed by atoms with Crippen LogP contribution in [0.25, 0.3) is 0 Å². The minimum atomic E-state index is -0.522. The molecule has 1 atom stereocenters. The fourth-order valence-corrected chi connectivity index (χ4v) is 3.48. The van der Waals surface area contributed by atoms with Crippen LogP contribution in [0.1, 0.15) is 31.9 Å². The summed E-state index contributed by atoms with van der Waals surface area (Å²) in [5.41, 5.74) is 1.76. The van der Waals surface area contributed by atoms with E-state index in [4.69, 9.17) is 14.2 Å². The first-order valence-corrected chi connectivity index (χ1v) is 10.9. The van der Waals surface area contributed by atoms with E-state index in [2.05, 4.69) is 22.3 Å². The van der Waals surface area contributed by atoms with E-state index in [0.717, 1.165) is 56.1 Å². The number of nitrogens with zero attached hydrogens (tertiary/aromatic N) is 1. The molecule has 168 valence electrons. The number of hydrogen-bond donors (Lipinski definition) is 1. The Morgan fingerprint density at radius 3 is 2.35 bits per heavy atom. The molecule has 2 aromatic rings. The van der Waals surface area contributed by atoms with Crippen molar-refractivity contribution in [3.63, 3.8) is 0 Å². The van der Waals surface area contributed by atoms with Gasteiger partial charge in [-0.1, -0.05) is 42.5 Å². The van der Waals surface area contributed by atoms with E-state index in [1.54, 1.807) is 0 Å². The van der Waals surface area contributed by atoms with Gasteiger partial charge < -0.3 is 19.5 Å². The van der Waals surface area contributed by atoms with Gasteiger partial charge in [0.15, 0.2) is 0 Å². The first-order chi connectivity index (χ1) is 14.9. The second-order valence-corrected chi connectivity index (χ2v) is 8.88. The third-order valence-electron chi connectivity index (χ3n) is 4.96. The van der Waals surface area contributed by atoms with Crippen molar-refractivity contribution in [3.05, 3.63) is 65.7 Å². The molecule has 1 saturated heterocycles. The molecule has 0 radical (unpaired) electrons. The van der Waals surface area contributed by atoms with E-state index in [0.29, 0.717) is 6.61 Å². The van der Waals surface area contributed by atoms with Gasteiger partial charge in [0.1, 0.15) is 18.0 Å². The number of amides is 1. The molecule has 1 aliphatic rings. The maximum atomic E-state index is 12.4. The second-order valence-electron chi connectivity index (χ2n) is 8.88. The van der Waals surface area contributed by atoms with Gasteiger partial charge in [-0.2, -0.15) is 0 Å². The fourth-order valence-electron chi connectivity index (χ4n) is 3.48. The summed E-state index contributed by atoms with van der Waals surface area (Å²) in [4.78, 5) is 14.7. The molecule has 1 heterocycles. The molecule has 0 bridgehead atoms. The minimum absolute atomic E-state index is 0.0518. The molecule has 3 rings (SSSR count). The van der Waals surface area contributed by atoms with Crippen molar-refractivity contribution >= 4 is 6.09 Å². The highest BCUT2D eigenvalue weighted by molar-refractivity contribution is 5.68. The molecule has 31 heavy (non-hydrogen) atoms. The number of rotatable bonds is 8. The summed E-state index contributed by atoms with van der Waals surface area (Å²) in [6.07, 6.45) is 0.337. The Morgan fingerprint density at radius 2 is 1.71 bits per heavy atom. The number of carbonyl (C=O) groups is 1. The highest BCUT2D eigenvalue weighted by Gasteiger charge is 2.22. The summed E-state index contributed by atoms with van der Waals surface area (Å²) in [5.74, 6) is 0.831. The summed E-state index contributed by atoms with van der Waals surface area (Å²) in [7, 11) is 0. The van der Waals surface area contributed by atoms with Crippen LogP contribution in [0.5, 0.6) is 5.75 Å². The maximum absolute atomic E-state index is 12.4. The Kier molecular flexibility index (Phi) is 8.32. The van der Waals surface area contributed by atoms with Gasteiger partial charge in [-0.15, -0.1) is 0 Å². The molecule has 1 aliphatic heterocycles. The number of hydrogen-bond acceptors (Lipinski definition) is 5. The molecule has 0 aliphatic carbocycles. The van der Waals surface area contributed by atoms with E-state index in [9.17, 15) is 4.79 Å². The van der Waals surface area contributed by atoms with Crippen LogP contribution in [0.15, 0.2) is 54.6 Å². The third-order valence-corrected chi connectivity index (χ3v) is 4.96. The zero-order valence-corrected chi connectivity index (χ0v) is 18.8. The van der Waals surface area contributed by atoms with Crippen molar-refractivity contribution in [3.8, 4) is 5.75 Å². The summed E-state index contributed by atoms with van der Waals surface area (Å²) >= 11 is 0. The van der Waals surface area contributed by atoms with Crippen LogP contribution in [0.3, 0.4) is 0 Å². The highest BCUT2D eigenvalue weighted by Crippen LogP contribution is 2.16. The molecule has 2 aromatic carbocycles. The average Bonchev–Trinajstić information content (AvgIpc) is 2.73. The molecular weight excluding hydrogens is 392 g/mol. The molecule has 1 fully saturated rings. The molecule has 0 spiro atoms. The third kappa shape index (κ3) is 8.59. The summed E-state index contributed by atoms with van der Waals surface area (Å²) < 4.78 is 16.8. The second kappa shape index (κ2) is 11.2. The Balaban J connectivity index is 1.58. The van der Waals surface area contributed by atoms with Crippen LogP contribution in [-0.2, 0) is 22.5 Å². The number of benzene rings is 2. The van der Waals surface area contributed by atoms with E-state index in [1.807, 2.05) is 63.2 Å². The van der Waals surface area contributed by atoms with Gasteiger partial charge in [-0.25, -0.2) is 4.79 Å².